The lowest BCUT2D eigenvalue weighted by Crippen LogP contribution is -2.22. The summed E-state index contributed by atoms with van der Waals surface area (Å²) in [7, 11) is 0. The highest BCUT2D eigenvalue weighted by Gasteiger charge is 2.11. The molecule has 7 heteroatoms. The molecule has 0 aliphatic rings. The average molecular weight is 353 g/mol. The van der Waals surface area contributed by atoms with Crippen molar-refractivity contribution in [2.75, 3.05) is 17.2 Å². The first-order chi connectivity index (χ1) is 11.4. The predicted molar refractivity (Wildman–Crippen MR) is 95.0 cm³/mol. The zero-order valence-corrected chi connectivity index (χ0v) is 14.8. The van der Waals surface area contributed by atoms with Crippen LogP contribution in [0.1, 0.15) is 26.5 Å². The molecule has 24 heavy (non-hydrogen) atoms. The van der Waals surface area contributed by atoms with Crippen LogP contribution in [-0.4, -0.2) is 22.2 Å². The summed E-state index contributed by atoms with van der Waals surface area (Å²) in [6, 6.07) is 4.07. The third kappa shape index (κ3) is 4.71. The topological polar surface area (TPSA) is 59.0 Å². The number of hydrogen-bond acceptors (Lipinski definition) is 3. The van der Waals surface area contributed by atoms with Crippen molar-refractivity contribution < 1.29 is 9.18 Å². The number of hydrogen-bond donors (Lipinski definition) is 2. The maximum atomic E-state index is 13.1. The maximum absolute atomic E-state index is 13.1. The summed E-state index contributed by atoms with van der Waals surface area (Å²) in [5.74, 6) is -0.260. The smallest absolute Gasteiger partial charge is 0.243 e. The molecular formula is C17H22ClFN4O. The highest BCUT2D eigenvalue weighted by atomic mass is 35.5. The molecule has 0 fully saturated rings. The lowest BCUT2D eigenvalue weighted by molar-refractivity contribution is -0.114. The molecular weight excluding hydrogens is 331 g/mol. The van der Waals surface area contributed by atoms with Gasteiger partial charge in [-0.05, 0) is 30.5 Å². The minimum absolute atomic E-state index is 0.0241. The third-order valence-electron chi connectivity index (χ3n) is 3.46. The Kier molecular flexibility index (Phi) is 6.20. The van der Waals surface area contributed by atoms with Gasteiger partial charge in [0.1, 0.15) is 5.82 Å². The number of nitrogens with zero attached hydrogens (tertiary/aromatic N) is 2. The van der Waals surface area contributed by atoms with Gasteiger partial charge in [0, 0.05) is 12.2 Å². The molecule has 0 atom stereocenters. The van der Waals surface area contributed by atoms with Gasteiger partial charge >= 0.3 is 0 Å². The van der Waals surface area contributed by atoms with E-state index in [1.54, 1.807) is 6.20 Å². The summed E-state index contributed by atoms with van der Waals surface area (Å²) >= 11 is 5.70. The number of carbonyl (C=O) groups is 1. The molecule has 1 aromatic carbocycles. The van der Waals surface area contributed by atoms with E-state index in [0.29, 0.717) is 11.6 Å². The molecule has 0 saturated carbocycles. The van der Waals surface area contributed by atoms with Crippen LogP contribution in [0.2, 0.25) is 5.02 Å². The van der Waals surface area contributed by atoms with Crippen molar-refractivity contribution in [1.29, 1.82) is 0 Å². The van der Waals surface area contributed by atoms with E-state index < -0.39 is 5.82 Å². The lowest BCUT2D eigenvalue weighted by atomic mass is 10.2. The fraction of sp³-hybridized carbons (Fsp3) is 0.412. The molecule has 2 aromatic rings. The second kappa shape index (κ2) is 8.15. The highest BCUT2D eigenvalue weighted by molar-refractivity contribution is 6.31. The van der Waals surface area contributed by atoms with Crippen LogP contribution < -0.4 is 10.6 Å². The molecule has 1 aromatic heterocycles. The molecule has 130 valence electrons. The van der Waals surface area contributed by atoms with Crippen molar-refractivity contribution in [3.63, 3.8) is 0 Å². The summed E-state index contributed by atoms with van der Waals surface area (Å²) in [4.78, 5) is 12.0. The zero-order valence-electron chi connectivity index (χ0n) is 14.1. The number of amides is 1. The number of rotatable bonds is 7. The maximum Gasteiger partial charge on any atom is 0.243 e. The normalized spacial score (nSPS) is 10.9. The van der Waals surface area contributed by atoms with Crippen molar-refractivity contribution in [1.82, 2.24) is 9.78 Å². The van der Waals surface area contributed by atoms with E-state index >= 15 is 0 Å². The minimum atomic E-state index is -0.516. The number of carbonyl (C=O) groups excluding carboxylic acids is 1. The van der Waals surface area contributed by atoms with Gasteiger partial charge in [-0.25, -0.2) is 4.39 Å². The highest BCUT2D eigenvalue weighted by Crippen LogP contribution is 2.20. The van der Waals surface area contributed by atoms with Crippen molar-refractivity contribution in [2.24, 2.45) is 5.92 Å². The van der Waals surface area contributed by atoms with E-state index in [-0.39, 0.29) is 17.5 Å². The number of nitrogens with one attached hydrogen (secondary N) is 2. The zero-order chi connectivity index (χ0) is 17.7. The molecule has 0 unspecified atom stereocenters. The van der Waals surface area contributed by atoms with Crippen LogP contribution in [0.4, 0.5) is 15.8 Å². The Hall–Kier alpha value is -2.08. The van der Waals surface area contributed by atoms with Gasteiger partial charge in [-0.1, -0.05) is 32.4 Å². The van der Waals surface area contributed by atoms with E-state index in [0.717, 1.165) is 24.3 Å². The van der Waals surface area contributed by atoms with Crippen molar-refractivity contribution in [2.45, 2.75) is 33.7 Å². The Bertz CT molecular complexity index is 715. The second-order valence-electron chi connectivity index (χ2n) is 5.97. The first kappa shape index (κ1) is 18.3. The standard InChI is InChI=1S/C17H22ClFN4O/c1-4-16-15(8-21-23(16)10-11(2)3)20-9-17(24)22-12-5-6-14(19)13(18)7-12/h5-8,11,20H,4,9-10H2,1-3H3,(H,22,24). The molecule has 2 rings (SSSR count). The quantitative estimate of drug-likeness (QED) is 0.793. The number of halogens is 2. The third-order valence-corrected chi connectivity index (χ3v) is 3.75. The Morgan fingerprint density at radius 1 is 1.42 bits per heavy atom. The van der Waals surface area contributed by atoms with Gasteiger partial charge in [-0.3, -0.25) is 9.48 Å². The van der Waals surface area contributed by atoms with Gasteiger partial charge < -0.3 is 10.6 Å². The molecule has 0 spiro atoms. The average Bonchev–Trinajstić information content (AvgIpc) is 2.90. The Morgan fingerprint density at radius 2 is 2.17 bits per heavy atom. The van der Waals surface area contributed by atoms with E-state index in [1.807, 2.05) is 4.68 Å². The molecule has 0 saturated heterocycles. The van der Waals surface area contributed by atoms with E-state index in [4.69, 9.17) is 11.6 Å². The SMILES string of the molecule is CCc1c(NCC(=O)Nc2ccc(F)c(Cl)c2)cnn1CC(C)C. The summed E-state index contributed by atoms with van der Waals surface area (Å²) < 4.78 is 15.1. The number of benzene rings is 1. The second-order valence-corrected chi connectivity index (χ2v) is 6.37. The Morgan fingerprint density at radius 3 is 2.79 bits per heavy atom. The van der Waals surface area contributed by atoms with Crippen LogP contribution >= 0.6 is 11.6 Å². The summed E-state index contributed by atoms with van der Waals surface area (Å²) in [6.07, 6.45) is 2.56. The van der Waals surface area contributed by atoms with Crippen LogP contribution in [0.5, 0.6) is 0 Å². The van der Waals surface area contributed by atoms with E-state index in [9.17, 15) is 9.18 Å². The van der Waals surface area contributed by atoms with Crippen molar-refractivity contribution in [3.8, 4) is 0 Å². The molecule has 0 aliphatic carbocycles. The summed E-state index contributed by atoms with van der Waals surface area (Å²) in [5, 5.41) is 10.1. The van der Waals surface area contributed by atoms with Crippen LogP contribution in [-0.2, 0) is 17.8 Å². The lowest BCUT2D eigenvalue weighted by Gasteiger charge is -2.11. The van der Waals surface area contributed by atoms with Crippen molar-refractivity contribution >= 4 is 28.9 Å². The van der Waals surface area contributed by atoms with Gasteiger partial charge in [0.05, 0.1) is 29.1 Å². The van der Waals surface area contributed by atoms with Crippen molar-refractivity contribution in [3.05, 3.63) is 40.9 Å². The number of aromatic nitrogens is 2. The molecule has 0 bridgehead atoms. The molecule has 1 amide bonds. The molecule has 1 heterocycles. The molecule has 0 radical (unpaired) electrons. The van der Waals surface area contributed by atoms with Gasteiger partial charge in [0.25, 0.3) is 0 Å². The fourth-order valence-corrected chi connectivity index (χ4v) is 2.57. The summed E-state index contributed by atoms with van der Waals surface area (Å²) in [6.45, 7) is 7.26. The first-order valence-electron chi connectivity index (χ1n) is 7.94. The Labute approximate surface area is 146 Å². The fourth-order valence-electron chi connectivity index (χ4n) is 2.39. The number of anilines is 2. The van der Waals surface area contributed by atoms with Crippen LogP contribution in [0, 0.1) is 11.7 Å². The largest absolute Gasteiger partial charge is 0.373 e. The summed E-state index contributed by atoms with van der Waals surface area (Å²) in [5.41, 5.74) is 2.38. The molecule has 5 nitrogen and oxygen atoms in total. The Balaban J connectivity index is 1.96. The monoisotopic (exact) mass is 352 g/mol. The van der Waals surface area contributed by atoms with E-state index in [1.165, 1.54) is 18.2 Å². The van der Waals surface area contributed by atoms with Gasteiger partial charge in [-0.2, -0.15) is 5.10 Å². The van der Waals surface area contributed by atoms with Crippen LogP contribution in [0.25, 0.3) is 0 Å². The van der Waals surface area contributed by atoms with Gasteiger partial charge in [-0.15, -0.1) is 0 Å². The van der Waals surface area contributed by atoms with Crippen LogP contribution in [0.3, 0.4) is 0 Å². The van der Waals surface area contributed by atoms with Crippen LogP contribution in [0.15, 0.2) is 24.4 Å². The van der Waals surface area contributed by atoms with Gasteiger partial charge in [0.15, 0.2) is 0 Å². The predicted octanol–water partition coefficient (Wildman–Crippen LogP) is 3.94. The molecule has 2 N–H and O–H groups in total. The first-order valence-corrected chi connectivity index (χ1v) is 8.32. The molecule has 0 aliphatic heterocycles. The van der Waals surface area contributed by atoms with E-state index in [2.05, 4.69) is 36.5 Å². The minimum Gasteiger partial charge on any atom is -0.373 e. The van der Waals surface area contributed by atoms with Gasteiger partial charge in [0.2, 0.25) is 5.91 Å².